The summed E-state index contributed by atoms with van der Waals surface area (Å²) in [5.41, 5.74) is 3.69. The average molecular weight is 288 g/mol. The lowest BCUT2D eigenvalue weighted by molar-refractivity contribution is 0.590. The van der Waals surface area contributed by atoms with Gasteiger partial charge in [0.15, 0.2) is 5.58 Å². The highest BCUT2D eigenvalue weighted by molar-refractivity contribution is 5.75. The molecule has 5 nitrogen and oxygen atoms in total. The second kappa shape index (κ2) is 5.29. The van der Waals surface area contributed by atoms with Crippen LogP contribution < -0.4 is 0 Å². The van der Waals surface area contributed by atoms with Gasteiger partial charge in [-0.25, -0.2) is 9.67 Å². The highest BCUT2D eigenvalue weighted by Gasteiger charge is 2.01. The number of nitrogens with zero attached hydrogens (tertiary/aromatic N) is 4. The quantitative estimate of drug-likeness (QED) is 0.578. The van der Waals surface area contributed by atoms with E-state index in [0.717, 1.165) is 22.4 Å². The molecule has 2 aromatic carbocycles. The van der Waals surface area contributed by atoms with Crippen LogP contribution in [0.5, 0.6) is 0 Å². The van der Waals surface area contributed by atoms with Crippen LogP contribution in [0.25, 0.3) is 28.9 Å². The fraction of sp³-hybridized carbons (Fsp3) is 0. The minimum absolute atomic E-state index is 0.599. The summed E-state index contributed by atoms with van der Waals surface area (Å²) in [6, 6.07) is 15.7. The molecule has 0 saturated heterocycles. The van der Waals surface area contributed by atoms with Gasteiger partial charge in [-0.05, 0) is 35.9 Å². The van der Waals surface area contributed by atoms with Gasteiger partial charge in [-0.15, -0.1) is 5.10 Å². The maximum absolute atomic E-state index is 5.65. The molecule has 106 valence electrons. The minimum Gasteiger partial charge on any atom is -0.437 e. The highest BCUT2D eigenvalue weighted by atomic mass is 16.3. The van der Waals surface area contributed by atoms with Crippen molar-refractivity contribution in [2.45, 2.75) is 0 Å². The molecule has 0 unspecified atom stereocenters. The van der Waals surface area contributed by atoms with Gasteiger partial charge < -0.3 is 4.42 Å². The summed E-state index contributed by atoms with van der Waals surface area (Å²) < 4.78 is 7.37. The lowest BCUT2D eigenvalue weighted by Gasteiger charge is -1.99. The van der Waals surface area contributed by atoms with E-state index in [1.807, 2.05) is 66.9 Å². The van der Waals surface area contributed by atoms with E-state index in [9.17, 15) is 0 Å². The molecule has 2 aromatic heterocycles. The van der Waals surface area contributed by atoms with Crippen molar-refractivity contribution in [1.29, 1.82) is 0 Å². The molecule has 0 saturated carbocycles. The van der Waals surface area contributed by atoms with Crippen molar-refractivity contribution < 1.29 is 4.42 Å². The number of hydrogen-bond acceptors (Lipinski definition) is 4. The lowest BCUT2D eigenvalue weighted by Crippen LogP contribution is -1.94. The number of aromatic nitrogens is 4. The van der Waals surface area contributed by atoms with E-state index in [1.54, 1.807) is 10.9 Å². The number of benzene rings is 2. The Morgan fingerprint density at radius 3 is 2.59 bits per heavy atom. The van der Waals surface area contributed by atoms with Gasteiger partial charge in [0.2, 0.25) is 5.89 Å². The zero-order valence-electron chi connectivity index (χ0n) is 11.6. The van der Waals surface area contributed by atoms with E-state index in [-0.39, 0.29) is 0 Å². The maximum Gasteiger partial charge on any atom is 0.220 e. The Morgan fingerprint density at radius 2 is 1.82 bits per heavy atom. The lowest BCUT2D eigenvalue weighted by atomic mass is 10.2. The molecular formula is C17H12N4O. The van der Waals surface area contributed by atoms with Gasteiger partial charge in [-0.2, -0.15) is 0 Å². The molecule has 0 aliphatic carbocycles. The van der Waals surface area contributed by atoms with Crippen LogP contribution in [-0.2, 0) is 0 Å². The van der Waals surface area contributed by atoms with Crippen molar-refractivity contribution in [1.82, 2.24) is 20.0 Å². The fourth-order valence-corrected chi connectivity index (χ4v) is 2.21. The Bertz CT molecular complexity index is 888. The van der Waals surface area contributed by atoms with Gasteiger partial charge in [0.1, 0.15) is 5.52 Å². The van der Waals surface area contributed by atoms with Crippen molar-refractivity contribution in [3.63, 3.8) is 0 Å². The maximum atomic E-state index is 5.65. The monoisotopic (exact) mass is 288 g/mol. The summed E-state index contributed by atoms with van der Waals surface area (Å²) in [6.07, 6.45) is 7.30. The van der Waals surface area contributed by atoms with Gasteiger partial charge in [-0.1, -0.05) is 29.5 Å². The highest BCUT2D eigenvalue weighted by Crippen LogP contribution is 2.17. The third-order valence-corrected chi connectivity index (χ3v) is 3.31. The van der Waals surface area contributed by atoms with Crippen LogP contribution in [0.4, 0.5) is 0 Å². The van der Waals surface area contributed by atoms with Gasteiger partial charge in [0.25, 0.3) is 0 Å². The number of hydrogen-bond donors (Lipinski definition) is 0. The van der Waals surface area contributed by atoms with E-state index >= 15 is 0 Å². The standard InChI is InChI=1S/C17H12N4O/c1-2-4-16-15(3-1)19-17(22-16)10-7-13-5-8-14(9-6-13)21-12-11-18-20-21/h1-12H. The Kier molecular flexibility index (Phi) is 3.01. The molecule has 0 fully saturated rings. The summed E-state index contributed by atoms with van der Waals surface area (Å²) in [6.45, 7) is 0. The van der Waals surface area contributed by atoms with Gasteiger partial charge in [0, 0.05) is 6.08 Å². The first-order chi connectivity index (χ1) is 10.9. The number of para-hydroxylation sites is 2. The third kappa shape index (κ3) is 2.40. The van der Waals surface area contributed by atoms with Gasteiger partial charge >= 0.3 is 0 Å². The topological polar surface area (TPSA) is 56.7 Å². The van der Waals surface area contributed by atoms with Crippen LogP contribution in [-0.4, -0.2) is 20.0 Å². The first-order valence-electron chi connectivity index (χ1n) is 6.89. The zero-order valence-corrected chi connectivity index (χ0v) is 11.6. The predicted octanol–water partition coefficient (Wildman–Crippen LogP) is 3.58. The van der Waals surface area contributed by atoms with Gasteiger partial charge in [0.05, 0.1) is 18.1 Å². The largest absolute Gasteiger partial charge is 0.437 e. The first kappa shape index (κ1) is 12.5. The third-order valence-electron chi connectivity index (χ3n) is 3.31. The smallest absolute Gasteiger partial charge is 0.220 e. The second-order valence-corrected chi connectivity index (χ2v) is 4.79. The zero-order chi connectivity index (χ0) is 14.8. The van der Waals surface area contributed by atoms with E-state index < -0.39 is 0 Å². The molecule has 4 rings (SSSR count). The van der Waals surface area contributed by atoms with Crippen LogP contribution >= 0.6 is 0 Å². The van der Waals surface area contributed by atoms with E-state index in [4.69, 9.17) is 4.42 Å². The Balaban J connectivity index is 1.57. The molecule has 0 N–H and O–H groups in total. The van der Waals surface area contributed by atoms with Crippen molar-refractivity contribution in [2.75, 3.05) is 0 Å². The molecule has 0 aliphatic heterocycles. The molecule has 4 aromatic rings. The summed E-state index contributed by atoms with van der Waals surface area (Å²) in [5.74, 6) is 0.599. The van der Waals surface area contributed by atoms with Crippen molar-refractivity contribution in [3.05, 3.63) is 72.4 Å². The average Bonchev–Trinajstić information content (AvgIpc) is 3.22. The number of fused-ring (bicyclic) bond motifs is 1. The molecule has 22 heavy (non-hydrogen) atoms. The number of oxazole rings is 1. The van der Waals surface area contributed by atoms with Crippen molar-refractivity contribution >= 4 is 23.3 Å². The summed E-state index contributed by atoms with van der Waals surface area (Å²) >= 11 is 0. The predicted molar refractivity (Wildman–Crippen MR) is 84.3 cm³/mol. The van der Waals surface area contributed by atoms with Crippen molar-refractivity contribution in [3.8, 4) is 5.69 Å². The molecule has 5 heteroatoms. The Morgan fingerprint density at radius 1 is 0.955 bits per heavy atom. The summed E-state index contributed by atoms with van der Waals surface area (Å²) in [4.78, 5) is 4.41. The molecule has 0 bridgehead atoms. The number of rotatable bonds is 3. The molecular weight excluding hydrogens is 276 g/mol. The van der Waals surface area contributed by atoms with Crippen LogP contribution in [0.3, 0.4) is 0 Å². The van der Waals surface area contributed by atoms with E-state index in [2.05, 4.69) is 15.3 Å². The molecule has 0 spiro atoms. The Hall–Kier alpha value is -3.21. The van der Waals surface area contributed by atoms with Gasteiger partial charge in [-0.3, -0.25) is 0 Å². The normalized spacial score (nSPS) is 11.5. The summed E-state index contributed by atoms with van der Waals surface area (Å²) in [7, 11) is 0. The SMILES string of the molecule is C(=Cc1nc2ccccc2o1)c1ccc(-n2ccnn2)cc1. The Labute approximate surface area is 126 Å². The molecule has 2 heterocycles. The van der Waals surface area contributed by atoms with Crippen LogP contribution in [0.2, 0.25) is 0 Å². The molecule has 0 amide bonds. The first-order valence-corrected chi connectivity index (χ1v) is 6.89. The molecule has 0 atom stereocenters. The molecule has 0 aliphatic rings. The second-order valence-electron chi connectivity index (χ2n) is 4.79. The van der Waals surface area contributed by atoms with Crippen LogP contribution in [0.1, 0.15) is 11.5 Å². The van der Waals surface area contributed by atoms with Crippen LogP contribution in [0.15, 0.2) is 65.3 Å². The van der Waals surface area contributed by atoms with E-state index in [0.29, 0.717) is 5.89 Å². The van der Waals surface area contributed by atoms with E-state index in [1.165, 1.54) is 0 Å². The summed E-state index contributed by atoms with van der Waals surface area (Å²) in [5, 5.41) is 7.75. The van der Waals surface area contributed by atoms with Crippen LogP contribution in [0, 0.1) is 0 Å². The van der Waals surface area contributed by atoms with Crippen molar-refractivity contribution in [2.24, 2.45) is 0 Å². The minimum atomic E-state index is 0.599. The fourth-order valence-electron chi connectivity index (χ4n) is 2.21. The molecule has 0 radical (unpaired) electrons.